The molecule has 0 unspecified atom stereocenters. The monoisotopic (exact) mass is 466 g/mol. The summed E-state index contributed by atoms with van der Waals surface area (Å²) in [6, 6.07) is 24.2. The lowest BCUT2D eigenvalue weighted by atomic mass is 10.1. The molecule has 0 aliphatic rings. The van der Waals surface area contributed by atoms with Gasteiger partial charge in [0.2, 0.25) is 5.91 Å². The van der Waals surface area contributed by atoms with Gasteiger partial charge >= 0.3 is 0 Å². The largest absolute Gasteiger partial charge is 0.497 e. The molecule has 1 aromatic heterocycles. The summed E-state index contributed by atoms with van der Waals surface area (Å²) >= 11 is 0. The van der Waals surface area contributed by atoms with Crippen LogP contribution in [0.15, 0.2) is 91.1 Å². The van der Waals surface area contributed by atoms with Gasteiger partial charge in [0, 0.05) is 48.7 Å². The van der Waals surface area contributed by atoms with Crippen molar-refractivity contribution in [1.82, 2.24) is 14.7 Å². The maximum Gasteiger partial charge on any atom is 0.253 e. The van der Waals surface area contributed by atoms with Crippen molar-refractivity contribution in [2.45, 2.75) is 0 Å². The molecule has 35 heavy (non-hydrogen) atoms. The summed E-state index contributed by atoms with van der Waals surface area (Å²) in [7, 11) is 5.00. The molecule has 1 heterocycles. The average molecular weight is 467 g/mol. The van der Waals surface area contributed by atoms with E-state index in [1.165, 1.54) is 11.0 Å². The zero-order valence-corrected chi connectivity index (χ0v) is 19.8. The van der Waals surface area contributed by atoms with Crippen molar-refractivity contribution in [2.24, 2.45) is 0 Å². The van der Waals surface area contributed by atoms with Crippen LogP contribution in [0.4, 0.5) is 5.69 Å². The molecule has 7 heteroatoms. The Kier molecular flexibility index (Phi) is 7.07. The van der Waals surface area contributed by atoms with Gasteiger partial charge in [0.15, 0.2) is 0 Å². The smallest absolute Gasteiger partial charge is 0.253 e. The Hall–Kier alpha value is -4.65. The average Bonchev–Trinajstić information content (AvgIpc) is 3.32. The van der Waals surface area contributed by atoms with Gasteiger partial charge in [-0.3, -0.25) is 9.59 Å². The van der Waals surface area contributed by atoms with Crippen molar-refractivity contribution in [1.29, 1.82) is 0 Å². The highest BCUT2D eigenvalue weighted by atomic mass is 16.5. The molecule has 0 aliphatic heterocycles. The van der Waals surface area contributed by atoms with Gasteiger partial charge in [-0.25, -0.2) is 4.68 Å². The Bertz CT molecular complexity index is 1360. The van der Waals surface area contributed by atoms with Crippen molar-refractivity contribution < 1.29 is 14.3 Å². The van der Waals surface area contributed by atoms with Gasteiger partial charge in [0.25, 0.3) is 5.91 Å². The Labute approximate surface area is 204 Å². The van der Waals surface area contributed by atoms with Gasteiger partial charge in [0.05, 0.1) is 18.5 Å². The fourth-order valence-corrected chi connectivity index (χ4v) is 3.53. The van der Waals surface area contributed by atoms with E-state index in [1.54, 1.807) is 56.2 Å². The number of amides is 2. The van der Waals surface area contributed by atoms with E-state index in [4.69, 9.17) is 9.84 Å². The highest BCUT2D eigenvalue weighted by Crippen LogP contribution is 2.27. The molecule has 176 valence electrons. The molecule has 3 aromatic carbocycles. The number of carbonyl (C=O) groups excluding carboxylic acids is 2. The Morgan fingerprint density at radius 2 is 1.71 bits per heavy atom. The number of rotatable bonds is 7. The van der Waals surface area contributed by atoms with Gasteiger partial charge in [-0.15, -0.1) is 0 Å². The fourth-order valence-electron chi connectivity index (χ4n) is 3.53. The van der Waals surface area contributed by atoms with Gasteiger partial charge < -0.3 is 15.0 Å². The van der Waals surface area contributed by atoms with Crippen LogP contribution in [0.5, 0.6) is 5.75 Å². The summed E-state index contributed by atoms with van der Waals surface area (Å²) in [5.74, 6) is 0.310. The van der Waals surface area contributed by atoms with Crippen LogP contribution in [-0.2, 0) is 4.79 Å². The maximum absolute atomic E-state index is 12.7. The van der Waals surface area contributed by atoms with Gasteiger partial charge in [-0.05, 0) is 60.7 Å². The normalized spacial score (nSPS) is 10.8. The van der Waals surface area contributed by atoms with Crippen LogP contribution in [0.25, 0.3) is 23.0 Å². The highest BCUT2D eigenvalue weighted by molar-refractivity contribution is 6.03. The van der Waals surface area contributed by atoms with E-state index < -0.39 is 0 Å². The van der Waals surface area contributed by atoms with Crippen LogP contribution < -0.4 is 10.1 Å². The molecular formula is C28H26N4O3. The van der Waals surface area contributed by atoms with E-state index in [-0.39, 0.29) is 11.8 Å². The maximum atomic E-state index is 12.7. The standard InChI is InChI=1S/C28H26N4O3/c1-31(2)28(34)21-8-7-9-23(18-21)29-26(33)17-14-22-19-32(24-10-5-4-6-11-24)30-27(22)20-12-15-25(35-3)16-13-20/h4-19H,1-3H3,(H,29,33)/b17-14+. The van der Waals surface area contributed by atoms with E-state index in [0.717, 1.165) is 28.3 Å². The van der Waals surface area contributed by atoms with Crippen LogP contribution in [0.3, 0.4) is 0 Å². The zero-order valence-electron chi connectivity index (χ0n) is 19.8. The second-order valence-electron chi connectivity index (χ2n) is 8.04. The van der Waals surface area contributed by atoms with Crippen molar-refractivity contribution in [3.05, 3.63) is 102 Å². The number of para-hydroxylation sites is 1. The van der Waals surface area contributed by atoms with E-state index >= 15 is 0 Å². The molecule has 0 saturated carbocycles. The molecule has 0 radical (unpaired) electrons. The van der Waals surface area contributed by atoms with Crippen molar-refractivity contribution >= 4 is 23.6 Å². The Balaban J connectivity index is 1.60. The van der Waals surface area contributed by atoms with E-state index in [1.807, 2.05) is 60.8 Å². The first kappa shape index (κ1) is 23.5. The van der Waals surface area contributed by atoms with Gasteiger partial charge in [0.1, 0.15) is 5.75 Å². The predicted molar refractivity (Wildman–Crippen MR) is 138 cm³/mol. The minimum Gasteiger partial charge on any atom is -0.497 e. The molecule has 2 amide bonds. The number of anilines is 1. The number of nitrogens with zero attached hydrogens (tertiary/aromatic N) is 3. The fraction of sp³-hybridized carbons (Fsp3) is 0.107. The zero-order chi connectivity index (χ0) is 24.8. The Morgan fingerprint density at radius 1 is 0.971 bits per heavy atom. The van der Waals surface area contributed by atoms with Crippen LogP contribution in [0.1, 0.15) is 15.9 Å². The SMILES string of the molecule is COc1ccc(-c2nn(-c3ccccc3)cc2/C=C/C(=O)Nc2cccc(C(=O)N(C)C)c2)cc1. The highest BCUT2D eigenvalue weighted by Gasteiger charge is 2.12. The van der Waals surface area contributed by atoms with E-state index in [9.17, 15) is 9.59 Å². The van der Waals surface area contributed by atoms with Crippen LogP contribution in [0, 0.1) is 0 Å². The summed E-state index contributed by atoms with van der Waals surface area (Å²) in [5.41, 5.74) is 4.37. The molecule has 0 atom stereocenters. The van der Waals surface area contributed by atoms with Gasteiger partial charge in [-0.2, -0.15) is 5.10 Å². The topological polar surface area (TPSA) is 76.5 Å². The number of methoxy groups -OCH3 is 1. The molecule has 7 nitrogen and oxygen atoms in total. The molecule has 0 fully saturated rings. The molecular weight excluding hydrogens is 440 g/mol. The van der Waals surface area contributed by atoms with Crippen molar-refractivity contribution in [3.63, 3.8) is 0 Å². The number of carbonyl (C=O) groups is 2. The lowest BCUT2D eigenvalue weighted by molar-refractivity contribution is -0.111. The number of hydrogen-bond acceptors (Lipinski definition) is 4. The number of aromatic nitrogens is 2. The van der Waals surface area contributed by atoms with Gasteiger partial charge in [-0.1, -0.05) is 24.3 Å². The van der Waals surface area contributed by atoms with E-state index in [2.05, 4.69) is 5.32 Å². The first-order chi connectivity index (χ1) is 16.9. The summed E-state index contributed by atoms with van der Waals surface area (Å²) in [4.78, 5) is 26.4. The molecule has 4 aromatic rings. The van der Waals surface area contributed by atoms with Crippen LogP contribution >= 0.6 is 0 Å². The molecule has 4 rings (SSSR count). The van der Waals surface area contributed by atoms with Crippen molar-refractivity contribution in [2.75, 3.05) is 26.5 Å². The Morgan fingerprint density at radius 3 is 2.40 bits per heavy atom. The first-order valence-corrected chi connectivity index (χ1v) is 11.0. The summed E-state index contributed by atoms with van der Waals surface area (Å²) in [5, 5.41) is 7.59. The predicted octanol–water partition coefficient (Wildman–Crippen LogP) is 4.90. The minimum atomic E-state index is -0.312. The quantitative estimate of drug-likeness (QED) is 0.393. The number of hydrogen-bond donors (Lipinski definition) is 1. The molecule has 0 bridgehead atoms. The van der Waals surface area contributed by atoms with Crippen LogP contribution in [-0.4, -0.2) is 47.7 Å². The lowest BCUT2D eigenvalue weighted by Gasteiger charge is -2.11. The molecule has 0 spiro atoms. The third-order valence-electron chi connectivity index (χ3n) is 5.32. The van der Waals surface area contributed by atoms with E-state index in [0.29, 0.717) is 11.3 Å². The number of benzene rings is 3. The van der Waals surface area contributed by atoms with Crippen molar-refractivity contribution in [3.8, 4) is 22.7 Å². The van der Waals surface area contributed by atoms with Crippen LogP contribution in [0.2, 0.25) is 0 Å². The first-order valence-electron chi connectivity index (χ1n) is 11.0. The summed E-state index contributed by atoms with van der Waals surface area (Å²) in [6.07, 6.45) is 5.07. The molecule has 1 N–H and O–H groups in total. The second kappa shape index (κ2) is 10.5. The second-order valence-corrected chi connectivity index (χ2v) is 8.04. The third-order valence-corrected chi connectivity index (χ3v) is 5.32. The summed E-state index contributed by atoms with van der Waals surface area (Å²) in [6.45, 7) is 0. The number of nitrogens with one attached hydrogen (secondary N) is 1. The number of ether oxygens (including phenoxy) is 1. The summed E-state index contributed by atoms with van der Waals surface area (Å²) < 4.78 is 7.05. The molecule has 0 saturated heterocycles. The third kappa shape index (κ3) is 5.65. The minimum absolute atomic E-state index is 0.130. The lowest BCUT2D eigenvalue weighted by Crippen LogP contribution is -2.21. The molecule has 0 aliphatic carbocycles.